The average Bonchev–Trinajstić information content (AvgIpc) is 2.27. The van der Waals surface area contributed by atoms with Crippen LogP contribution >= 0.6 is 0 Å². The number of hydrogen-bond acceptors (Lipinski definition) is 4. The fourth-order valence-electron chi connectivity index (χ4n) is 1.99. The van der Waals surface area contributed by atoms with Gasteiger partial charge in [0.25, 0.3) is 0 Å². The molecule has 0 aliphatic carbocycles. The molecule has 0 aliphatic rings. The smallest absolute Gasteiger partial charge is 0.144 e. The third-order valence-corrected chi connectivity index (χ3v) is 2.69. The number of nitrogens with zero attached hydrogens (tertiary/aromatic N) is 3. The maximum Gasteiger partial charge on any atom is 0.144 e. The van der Waals surface area contributed by atoms with Gasteiger partial charge in [-0.3, -0.25) is 4.90 Å². The van der Waals surface area contributed by atoms with Crippen molar-refractivity contribution >= 4 is 5.82 Å². The Labute approximate surface area is 111 Å². The van der Waals surface area contributed by atoms with E-state index in [4.69, 9.17) is 0 Å². The van der Waals surface area contributed by atoms with E-state index in [1.807, 2.05) is 13.0 Å². The van der Waals surface area contributed by atoms with Gasteiger partial charge in [0, 0.05) is 24.8 Å². The quantitative estimate of drug-likeness (QED) is 0.808. The SMILES string of the molecule is CCNc1cc(C)nc(CN(CC)CC(C)C)n1. The third kappa shape index (κ3) is 5.00. The zero-order valence-corrected chi connectivity index (χ0v) is 12.3. The van der Waals surface area contributed by atoms with E-state index in [0.717, 1.165) is 43.5 Å². The Morgan fingerprint density at radius 2 is 2.00 bits per heavy atom. The predicted molar refractivity (Wildman–Crippen MR) is 76.7 cm³/mol. The van der Waals surface area contributed by atoms with Crippen LogP contribution in [0.4, 0.5) is 5.82 Å². The van der Waals surface area contributed by atoms with E-state index in [-0.39, 0.29) is 0 Å². The maximum atomic E-state index is 4.55. The largest absolute Gasteiger partial charge is 0.370 e. The first-order valence-corrected chi connectivity index (χ1v) is 6.85. The molecule has 0 radical (unpaired) electrons. The second kappa shape index (κ2) is 7.31. The molecule has 0 bridgehead atoms. The van der Waals surface area contributed by atoms with Crippen molar-refractivity contribution < 1.29 is 0 Å². The molecule has 4 heteroatoms. The van der Waals surface area contributed by atoms with Crippen molar-refractivity contribution in [3.63, 3.8) is 0 Å². The Hall–Kier alpha value is -1.16. The molecule has 0 fully saturated rings. The number of hydrogen-bond donors (Lipinski definition) is 1. The molecular formula is C14H26N4. The molecule has 0 aliphatic heterocycles. The Balaban J connectivity index is 2.75. The van der Waals surface area contributed by atoms with Crippen LogP contribution < -0.4 is 5.32 Å². The summed E-state index contributed by atoms with van der Waals surface area (Å²) in [5, 5.41) is 3.25. The number of aromatic nitrogens is 2. The number of aryl methyl sites for hydroxylation is 1. The van der Waals surface area contributed by atoms with Crippen LogP contribution in [0.3, 0.4) is 0 Å². The summed E-state index contributed by atoms with van der Waals surface area (Å²) in [6, 6.07) is 1.99. The van der Waals surface area contributed by atoms with Crippen LogP contribution in [0.25, 0.3) is 0 Å². The summed E-state index contributed by atoms with van der Waals surface area (Å²) >= 11 is 0. The summed E-state index contributed by atoms with van der Waals surface area (Å²) in [6.45, 7) is 14.6. The summed E-state index contributed by atoms with van der Waals surface area (Å²) in [7, 11) is 0. The summed E-state index contributed by atoms with van der Waals surface area (Å²) in [5.74, 6) is 2.51. The van der Waals surface area contributed by atoms with E-state index in [1.54, 1.807) is 0 Å². The lowest BCUT2D eigenvalue weighted by Crippen LogP contribution is -2.28. The third-order valence-electron chi connectivity index (χ3n) is 2.69. The van der Waals surface area contributed by atoms with Crippen molar-refractivity contribution in [3.05, 3.63) is 17.6 Å². The molecular weight excluding hydrogens is 224 g/mol. The van der Waals surface area contributed by atoms with Gasteiger partial charge in [-0.1, -0.05) is 20.8 Å². The summed E-state index contributed by atoms with van der Waals surface area (Å²) < 4.78 is 0. The average molecular weight is 250 g/mol. The van der Waals surface area contributed by atoms with Crippen molar-refractivity contribution in [1.82, 2.24) is 14.9 Å². The highest BCUT2D eigenvalue weighted by Gasteiger charge is 2.09. The Morgan fingerprint density at radius 1 is 1.28 bits per heavy atom. The van der Waals surface area contributed by atoms with Crippen molar-refractivity contribution in [2.24, 2.45) is 5.92 Å². The zero-order chi connectivity index (χ0) is 13.5. The molecule has 1 aromatic rings. The predicted octanol–water partition coefficient (Wildman–Crippen LogP) is 2.69. The van der Waals surface area contributed by atoms with E-state index in [9.17, 15) is 0 Å². The number of rotatable bonds is 7. The lowest BCUT2D eigenvalue weighted by molar-refractivity contribution is 0.242. The van der Waals surface area contributed by atoms with Gasteiger partial charge in [0.15, 0.2) is 0 Å². The highest BCUT2D eigenvalue weighted by molar-refractivity contribution is 5.35. The van der Waals surface area contributed by atoms with E-state index < -0.39 is 0 Å². The van der Waals surface area contributed by atoms with Crippen molar-refractivity contribution in [3.8, 4) is 0 Å². The second-order valence-electron chi connectivity index (χ2n) is 5.06. The molecule has 0 aromatic carbocycles. The number of nitrogens with one attached hydrogen (secondary N) is 1. The molecule has 4 nitrogen and oxygen atoms in total. The lowest BCUT2D eigenvalue weighted by Gasteiger charge is -2.21. The van der Waals surface area contributed by atoms with Gasteiger partial charge in [-0.25, -0.2) is 9.97 Å². The second-order valence-corrected chi connectivity index (χ2v) is 5.06. The minimum Gasteiger partial charge on any atom is -0.370 e. The Kier molecular flexibility index (Phi) is 6.05. The van der Waals surface area contributed by atoms with Crippen LogP contribution in [0.1, 0.15) is 39.2 Å². The van der Waals surface area contributed by atoms with Crippen LogP contribution in [0.2, 0.25) is 0 Å². The summed E-state index contributed by atoms with van der Waals surface area (Å²) in [5.41, 5.74) is 1.02. The van der Waals surface area contributed by atoms with Crippen LogP contribution in [-0.2, 0) is 6.54 Å². The maximum absolute atomic E-state index is 4.55. The van der Waals surface area contributed by atoms with Crippen LogP contribution in [0.5, 0.6) is 0 Å². The van der Waals surface area contributed by atoms with Gasteiger partial charge in [0.2, 0.25) is 0 Å². The molecule has 1 N–H and O–H groups in total. The van der Waals surface area contributed by atoms with Crippen LogP contribution in [0.15, 0.2) is 6.07 Å². The van der Waals surface area contributed by atoms with E-state index >= 15 is 0 Å². The van der Waals surface area contributed by atoms with E-state index in [2.05, 4.69) is 47.9 Å². The van der Waals surface area contributed by atoms with Gasteiger partial charge in [-0.15, -0.1) is 0 Å². The Bertz CT molecular complexity index is 363. The van der Waals surface area contributed by atoms with Crippen LogP contribution in [0, 0.1) is 12.8 Å². The molecule has 0 spiro atoms. The first-order valence-electron chi connectivity index (χ1n) is 6.85. The molecule has 1 rings (SSSR count). The lowest BCUT2D eigenvalue weighted by atomic mass is 10.2. The first kappa shape index (κ1) is 14.9. The molecule has 18 heavy (non-hydrogen) atoms. The van der Waals surface area contributed by atoms with Gasteiger partial charge in [0.05, 0.1) is 6.54 Å². The fourth-order valence-corrected chi connectivity index (χ4v) is 1.99. The normalized spacial score (nSPS) is 11.3. The van der Waals surface area contributed by atoms with Crippen molar-refractivity contribution in [1.29, 1.82) is 0 Å². The Morgan fingerprint density at radius 3 is 2.56 bits per heavy atom. The van der Waals surface area contributed by atoms with Gasteiger partial charge >= 0.3 is 0 Å². The molecule has 0 saturated carbocycles. The standard InChI is InChI=1S/C14H26N4/c1-6-15-13-8-12(5)16-14(17-13)10-18(7-2)9-11(3)4/h8,11H,6-7,9-10H2,1-5H3,(H,15,16,17). The van der Waals surface area contributed by atoms with Gasteiger partial charge in [-0.2, -0.15) is 0 Å². The van der Waals surface area contributed by atoms with Gasteiger partial charge in [-0.05, 0) is 26.3 Å². The zero-order valence-electron chi connectivity index (χ0n) is 12.3. The molecule has 0 saturated heterocycles. The number of anilines is 1. The van der Waals surface area contributed by atoms with E-state index in [0.29, 0.717) is 5.92 Å². The van der Waals surface area contributed by atoms with Crippen LogP contribution in [-0.4, -0.2) is 34.5 Å². The molecule has 0 atom stereocenters. The topological polar surface area (TPSA) is 41.1 Å². The van der Waals surface area contributed by atoms with Gasteiger partial charge < -0.3 is 5.32 Å². The molecule has 0 unspecified atom stereocenters. The minimum atomic E-state index is 0.669. The minimum absolute atomic E-state index is 0.669. The highest BCUT2D eigenvalue weighted by Crippen LogP contribution is 2.09. The van der Waals surface area contributed by atoms with Crippen molar-refractivity contribution in [2.75, 3.05) is 25.0 Å². The molecule has 0 amide bonds. The molecule has 102 valence electrons. The highest BCUT2D eigenvalue weighted by atomic mass is 15.2. The summed E-state index contributed by atoms with van der Waals surface area (Å²) in [4.78, 5) is 11.5. The molecule has 1 aromatic heterocycles. The van der Waals surface area contributed by atoms with Gasteiger partial charge in [0.1, 0.15) is 11.6 Å². The molecule has 1 heterocycles. The summed E-state index contributed by atoms with van der Waals surface area (Å²) in [6.07, 6.45) is 0. The van der Waals surface area contributed by atoms with Crippen molar-refractivity contribution in [2.45, 2.75) is 41.2 Å². The fraction of sp³-hybridized carbons (Fsp3) is 0.714. The first-order chi connectivity index (χ1) is 8.55. The monoisotopic (exact) mass is 250 g/mol. The van der Waals surface area contributed by atoms with E-state index in [1.165, 1.54) is 0 Å².